The number of fused-ring (bicyclic) bond motifs is 1. The number of benzene rings is 2. The van der Waals surface area contributed by atoms with Crippen molar-refractivity contribution in [3.05, 3.63) is 60.0 Å². The molecule has 0 fully saturated rings. The molecule has 3 rings (SSSR count). The summed E-state index contributed by atoms with van der Waals surface area (Å²) in [4.78, 5) is 3.09. The number of rotatable bonds is 3. The van der Waals surface area contributed by atoms with Crippen molar-refractivity contribution in [2.75, 3.05) is 0 Å². The number of nitrogens with one attached hydrogen (secondary N) is 1. The zero-order chi connectivity index (χ0) is 13.2. The molecule has 1 heterocycles. The van der Waals surface area contributed by atoms with Crippen molar-refractivity contribution in [2.24, 2.45) is 0 Å². The molecule has 3 nitrogen and oxygen atoms in total. The van der Waals surface area contributed by atoms with Gasteiger partial charge in [-0.05, 0) is 41.8 Å². The molecule has 0 aliphatic heterocycles. The lowest BCUT2D eigenvalue weighted by Gasteiger charge is -2.04. The number of ether oxygens (including phenoxy) is 1. The van der Waals surface area contributed by atoms with Gasteiger partial charge in [0, 0.05) is 11.6 Å². The van der Waals surface area contributed by atoms with Crippen molar-refractivity contribution in [1.82, 2.24) is 4.98 Å². The van der Waals surface area contributed by atoms with Gasteiger partial charge < -0.3 is 14.8 Å². The van der Waals surface area contributed by atoms with E-state index in [-0.39, 0.29) is 11.6 Å². The topological polar surface area (TPSA) is 45.2 Å². The van der Waals surface area contributed by atoms with Crippen LogP contribution in [0.3, 0.4) is 0 Å². The molecule has 0 saturated heterocycles. The van der Waals surface area contributed by atoms with Gasteiger partial charge in [-0.15, -0.1) is 0 Å². The molecule has 3 aromatic rings. The second-order valence-electron chi connectivity index (χ2n) is 4.31. The highest BCUT2D eigenvalue weighted by Gasteiger charge is 2.03. The van der Waals surface area contributed by atoms with Crippen LogP contribution in [0, 0.1) is 5.82 Å². The maximum atomic E-state index is 13.1. The monoisotopic (exact) mass is 257 g/mol. The molecule has 0 aliphatic rings. The maximum Gasteiger partial charge on any atom is 0.128 e. The number of phenolic OH excluding ortho intramolecular Hbond substituents is 1. The van der Waals surface area contributed by atoms with Gasteiger partial charge in [-0.2, -0.15) is 0 Å². The highest BCUT2D eigenvalue weighted by molar-refractivity contribution is 5.80. The van der Waals surface area contributed by atoms with Gasteiger partial charge in [0.25, 0.3) is 0 Å². The smallest absolute Gasteiger partial charge is 0.128 e. The van der Waals surface area contributed by atoms with Gasteiger partial charge in [0.2, 0.25) is 0 Å². The van der Waals surface area contributed by atoms with Gasteiger partial charge in [0.05, 0.1) is 5.69 Å². The van der Waals surface area contributed by atoms with Gasteiger partial charge in [-0.1, -0.05) is 6.07 Å². The second kappa shape index (κ2) is 4.65. The number of phenols is 1. The lowest BCUT2D eigenvalue weighted by atomic mass is 10.2. The predicted octanol–water partition coefficient (Wildman–Crippen LogP) is 3.59. The largest absolute Gasteiger partial charge is 0.508 e. The molecule has 2 N–H and O–H groups in total. The van der Waals surface area contributed by atoms with E-state index in [0.717, 1.165) is 16.6 Å². The van der Waals surface area contributed by atoms with Crippen LogP contribution in [0.2, 0.25) is 0 Å². The van der Waals surface area contributed by atoms with Gasteiger partial charge in [0.1, 0.15) is 23.9 Å². The first kappa shape index (κ1) is 11.6. The van der Waals surface area contributed by atoms with E-state index >= 15 is 0 Å². The van der Waals surface area contributed by atoms with Gasteiger partial charge in [-0.25, -0.2) is 4.39 Å². The summed E-state index contributed by atoms with van der Waals surface area (Å²) < 4.78 is 18.6. The number of halogens is 1. The third-order valence-corrected chi connectivity index (χ3v) is 2.85. The minimum Gasteiger partial charge on any atom is -0.508 e. The molecule has 96 valence electrons. The van der Waals surface area contributed by atoms with Crippen LogP contribution < -0.4 is 4.74 Å². The lowest BCUT2D eigenvalue weighted by Crippen LogP contribution is -1.95. The van der Waals surface area contributed by atoms with Gasteiger partial charge in [0.15, 0.2) is 0 Å². The fourth-order valence-electron chi connectivity index (χ4n) is 1.97. The van der Waals surface area contributed by atoms with Crippen molar-refractivity contribution in [1.29, 1.82) is 0 Å². The fraction of sp³-hybridized carbons (Fsp3) is 0.0667. The van der Waals surface area contributed by atoms with Crippen molar-refractivity contribution >= 4 is 10.9 Å². The van der Waals surface area contributed by atoms with E-state index < -0.39 is 0 Å². The fourth-order valence-corrected chi connectivity index (χ4v) is 1.97. The van der Waals surface area contributed by atoms with Crippen LogP contribution in [0.1, 0.15) is 5.69 Å². The van der Waals surface area contributed by atoms with Crippen molar-refractivity contribution in [3.63, 3.8) is 0 Å². The van der Waals surface area contributed by atoms with Crippen LogP contribution in [-0.4, -0.2) is 10.1 Å². The van der Waals surface area contributed by atoms with E-state index in [4.69, 9.17) is 4.74 Å². The minimum absolute atomic E-state index is 0.163. The summed E-state index contributed by atoms with van der Waals surface area (Å²) in [6.07, 6.45) is 0. The molecule has 0 bridgehead atoms. The second-order valence-corrected chi connectivity index (χ2v) is 4.31. The third kappa shape index (κ3) is 2.52. The number of aromatic nitrogens is 1. The van der Waals surface area contributed by atoms with Crippen LogP contribution in [0.4, 0.5) is 4.39 Å². The van der Waals surface area contributed by atoms with E-state index in [2.05, 4.69) is 4.98 Å². The van der Waals surface area contributed by atoms with Crippen LogP contribution in [0.5, 0.6) is 11.5 Å². The maximum absolute atomic E-state index is 13.1. The molecule has 0 amide bonds. The predicted molar refractivity (Wildman–Crippen MR) is 70.7 cm³/mol. The quantitative estimate of drug-likeness (QED) is 0.753. The average molecular weight is 257 g/mol. The van der Waals surface area contributed by atoms with Crippen molar-refractivity contribution < 1.29 is 14.2 Å². The summed E-state index contributed by atoms with van der Waals surface area (Å²) in [5.74, 6) is 0.482. The summed E-state index contributed by atoms with van der Waals surface area (Å²) >= 11 is 0. The Morgan fingerprint density at radius 1 is 1.11 bits per heavy atom. The number of aromatic amines is 1. The minimum atomic E-state index is -0.269. The summed E-state index contributed by atoms with van der Waals surface area (Å²) in [5, 5.41) is 10.3. The Morgan fingerprint density at radius 3 is 2.84 bits per heavy atom. The first-order chi connectivity index (χ1) is 9.20. The first-order valence-electron chi connectivity index (χ1n) is 5.90. The molecular weight excluding hydrogens is 245 g/mol. The average Bonchev–Trinajstić information content (AvgIpc) is 2.78. The molecule has 0 unspecified atom stereocenters. The zero-order valence-corrected chi connectivity index (χ0v) is 10.1. The van der Waals surface area contributed by atoms with Crippen LogP contribution in [-0.2, 0) is 6.61 Å². The molecule has 19 heavy (non-hydrogen) atoms. The van der Waals surface area contributed by atoms with E-state index in [9.17, 15) is 9.50 Å². The van der Waals surface area contributed by atoms with E-state index in [0.29, 0.717) is 12.4 Å². The number of hydrogen-bond acceptors (Lipinski definition) is 2. The molecule has 0 aliphatic carbocycles. The Balaban J connectivity index is 1.78. The Morgan fingerprint density at radius 2 is 2.00 bits per heavy atom. The normalized spacial score (nSPS) is 10.8. The number of H-pyrrole nitrogens is 1. The summed E-state index contributed by atoms with van der Waals surface area (Å²) in [7, 11) is 0. The van der Waals surface area contributed by atoms with Crippen molar-refractivity contribution in [2.45, 2.75) is 6.61 Å². The molecule has 0 saturated carbocycles. The SMILES string of the molecule is Oc1cccc(OCc2cc3ccc(F)cc3[nH]2)c1. The molecule has 1 aromatic heterocycles. The zero-order valence-electron chi connectivity index (χ0n) is 10.1. The lowest BCUT2D eigenvalue weighted by molar-refractivity contribution is 0.300. The van der Waals surface area contributed by atoms with Crippen LogP contribution in [0.15, 0.2) is 48.5 Å². The summed E-state index contributed by atoms with van der Waals surface area (Å²) in [6, 6.07) is 13.1. The van der Waals surface area contributed by atoms with Gasteiger partial charge in [-0.3, -0.25) is 0 Å². The Bertz CT molecular complexity index is 721. The Hall–Kier alpha value is -2.49. The molecule has 2 aromatic carbocycles. The first-order valence-corrected chi connectivity index (χ1v) is 5.90. The van der Waals surface area contributed by atoms with E-state index in [1.54, 1.807) is 30.3 Å². The molecule has 4 heteroatoms. The van der Waals surface area contributed by atoms with E-state index in [1.165, 1.54) is 12.1 Å². The standard InChI is InChI=1S/C15H12FNO2/c16-11-5-4-10-6-12(17-15(10)7-11)9-19-14-3-1-2-13(18)8-14/h1-8,17-18H,9H2. The number of hydrogen-bond donors (Lipinski definition) is 2. The Labute approximate surface area is 109 Å². The molecule has 0 radical (unpaired) electrons. The summed E-state index contributed by atoms with van der Waals surface area (Å²) in [5.41, 5.74) is 1.60. The highest BCUT2D eigenvalue weighted by Crippen LogP contribution is 2.21. The third-order valence-electron chi connectivity index (χ3n) is 2.85. The summed E-state index contributed by atoms with van der Waals surface area (Å²) in [6.45, 7) is 0.333. The highest BCUT2D eigenvalue weighted by atomic mass is 19.1. The van der Waals surface area contributed by atoms with Crippen LogP contribution in [0.25, 0.3) is 10.9 Å². The molecular formula is C15H12FNO2. The van der Waals surface area contributed by atoms with E-state index in [1.807, 2.05) is 6.07 Å². The molecule has 0 spiro atoms. The number of aromatic hydroxyl groups is 1. The molecule has 0 atom stereocenters. The van der Waals surface area contributed by atoms with Crippen molar-refractivity contribution in [3.8, 4) is 11.5 Å². The van der Waals surface area contributed by atoms with Crippen LogP contribution >= 0.6 is 0 Å². The Kier molecular flexibility index (Phi) is 2.83. The van der Waals surface area contributed by atoms with Gasteiger partial charge >= 0.3 is 0 Å².